The largest absolute Gasteiger partial charge is 0.497 e. The first-order valence-electron chi connectivity index (χ1n) is 17.0. The van der Waals surface area contributed by atoms with Crippen LogP contribution in [0.3, 0.4) is 0 Å². The molecule has 0 spiro atoms. The van der Waals surface area contributed by atoms with E-state index in [1.807, 2.05) is 82.4 Å². The summed E-state index contributed by atoms with van der Waals surface area (Å²) in [6.45, 7) is 9.44. The lowest BCUT2D eigenvalue weighted by Crippen LogP contribution is -2.57. The van der Waals surface area contributed by atoms with Crippen LogP contribution in [-0.2, 0) is 34.3 Å². The number of nitrogens with zero attached hydrogens (tertiary/aromatic N) is 5. The summed E-state index contributed by atoms with van der Waals surface area (Å²) in [5, 5.41) is 17.7. The molecule has 1 aliphatic heterocycles. The topological polar surface area (TPSA) is 136 Å². The average Bonchev–Trinajstić information content (AvgIpc) is 3.65. The number of aliphatic hydroxyl groups excluding tert-OH is 1. The van der Waals surface area contributed by atoms with Crippen LogP contribution >= 0.6 is 11.3 Å². The second kappa shape index (κ2) is 17.6. The van der Waals surface area contributed by atoms with Crippen LogP contribution in [-0.4, -0.2) is 115 Å². The van der Waals surface area contributed by atoms with Gasteiger partial charge < -0.3 is 29.9 Å². The fourth-order valence-corrected chi connectivity index (χ4v) is 8.62. The number of hydrogen-bond donors (Lipinski definition) is 2. The van der Waals surface area contributed by atoms with E-state index in [2.05, 4.69) is 10.3 Å². The Hall–Kier alpha value is -3.56. The second-order valence-corrected chi connectivity index (χ2v) is 16.7. The van der Waals surface area contributed by atoms with E-state index in [1.165, 1.54) is 23.5 Å². The van der Waals surface area contributed by atoms with Crippen LogP contribution in [0.25, 0.3) is 0 Å². The molecule has 3 amide bonds. The van der Waals surface area contributed by atoms with Crippen LogP contribution in [0, 0.1) is 11.8 Å². The first-order valence-corrected chi connectivity index (χ1v) is 19.3. The van der Waals surface area contributed by atoms with Gasteiger partial charge in [0.05, 0.1) is 36.4 Å². The first kappa shape index (κ1) is 39.2. The molecule has 0 aliphatic carbocycles. The lowest BCUT2D eigenvalue weighted by Gasteiger charge is -2.34. The molecule has 274 valence electrons. The van der Waals surface area contributed by atoms with E-state index in [0.717, 1.165) is 22.8 Å². The molecule has 2 N–H and O–H groups in total. The van der Waals surface area contributed by atoms with Crippen molar-refractivity contribution in [2.75, 3.05) is 47.4 Å². The van der Waals surface area contributed by atoms with Crippen LogP contribution in [0.5, 0.6) is 5.75 Å². The zero-order valence-electron chi connectivity index (χ0n) is 30.2. The minimum Gasteiger partial charge on any atom is -0.497 e. The summed E-state index contributed by atoms with van der Waals surface area (Å²) in [7, 11) is 1.48. The number of carbonyl (C=O) groups excluding carboxylic acids is 2. The molecule has 3 aromatic rings. The van der Waals surface area contributed by atoms with Crippen LogP contribution < -0.4 is 10.1 Å². The third-order valence-corrected chi connectivity index (χ3v) is 11.2. The van der Waals surface area contributed by atoms with Gasteiger partial charge in [0.1, 0.15) is 16.8 Å². The molecule has 1 saturated heterocycles. The molecule has 1 aliphatic rings. The summed E-state index contributed by atoms with van der Waals surface area (Å²) >= 11 is 1.56. The molecular formula is C36H52N6O6S2. The number of thiazole rings is 1. The molecule has 3 atom stereocenters. The van der Waals surface area contributed by atoms with E-state index in [0.29, 0.717) is 25.4 Å². The Bertz CT molecular complexity index is 1650. The number of amides is 3. The van der Waals surface area contributed by atoms with Crippen LogP contribution in [0.4, 0.5) is 4.79 Å². The van der Waals surface area contributed by atoms with Crippen molar-refractivity contribution in [3.63, 3.8) is 0 Å². The Morgan fingerprint density at radius 1 is 1.04 bits per heavy atom. The number of urea groups is 1. The Morgan fingerprint density at radius 3 is 2.32 bits per heavy atom. The van der Waals surface area contributed by atoms with E-state index in [9.17, 15) is 23.1 Å². The second-order valence-electron chi connectivity index (χ2n) is 13.8. The number of aliphatic hydroxyl groups is 1. The molecule has 2 heterocycles. The van der Waals surface area contributed by atoms with E-state index >= 15 is 0 Å². The minimum atomic E-state index is -4.00. The van der Waals surface area contributed by atoms with E-state index in [4.69, 9.17) is 4.74 Å². The summed E-state index contributed by atoms with van der Waals surface area (Å²) in [6.07, 6.45) is -0.999. The van der Waals surface area contributed by atoms with Gasteiger partial charge in [0.15, 0.2) is 0 Å². The molecule has 50 heavy (non-hydrogen) atoms. The van der Waals surface area contributed by atoms with Gasteiger partial charge in [-0.3, -0.25) is 4.79 Å². The SMILES string of the molecule is COc1ccc(S(=O)(=O)N(CC(C)C)C[C@@H](O)[C@H](Cc2ccccc2)NC(=O)[C@H](C(C)C)N2CCN(Cc3csc(CN(C)C)n3)C2=O)cc1. The van der Waals surface area contributed by atoms with Crippen molar-refractivity contribution in [1.29, 1.82) is 0 Å². The lowest BCUT2D eigenvalue weighted by atomic mass is 9.97. The van der Waals surface area contributed by atoms with Gasteiger partial charge in [0, 0.05) is 38.1 Å². The molecule has 0 bridgehead atoms. The average molecular weight is 729 g/mol. The van der Waals surface area contributed by atoms with Gasteiger partial charge >= 0.3 is 6.03 Å². The maximum absolute atomic E-state index is 14.1. The molecule has 4 rings (SSSR count). The lowest BCUT2D eigenvalue weighted by molar-refractivity contribution is -0.128. The van der Waals surface area contributed by atoms with Gasteiger partial charge in [-0.1, -0.05) is 58.0 Å². The van der Waals surface area contributed by atoms with E-state index < -0.39 is 34.1 Å². The molecule has 12 nitrogen and oxygen atoms in total. The minimum absolute atomic E-state index is 0.0318. The Morgan fingerprint density at radius 2 is 1.72 bits per heavy atom. The molecule has 2 aromatic carbocycles. The van der Waals surface area contributed by atoms with Crippen LogP contribution in [0.2, 0.25) is 0 Å². The fraction of sp³-hybridized carbons (Fsp3) is 0.528. The monoisotopic (exact) mass is 728 g/mol. The van der Waals surface area contributed by atoms with Gasteiger partial charge in [0.2, 0.25) is 15.9 Å². The van der Waals surface area contributed by atoms with E-state index in [1.54, 1.807) is 33.3 Å². The number of nitrogens with one attached hydrogen (secondary N) is 1. The maximum Gasteiger partial charge on any atom is 0.321 e. The third kappa shape index (κ3) is 10.3. The highest BCUT2D eigenvalue weighted by Crippen LogP contribution is 2.24. The van der Waals surface area contributed by atoms with Crippen molar-refractivity contribution in [1.82, 2.24) is 29.3 Å². The smallest absolute Gasteiger partial charge is 0.321 e. The number of benzene rings is 2. The summed E-state index contributed by atoms with van der Waals surface area (Å²) in [5.41, 5.74) is 1.68. The van der Waals surface area contributed by atoms with Gasteiger partial charge in [-0.05, 0) is 62.2 Å². The Balaban J connectivity index is 1.54. The Labute approximate surface area is 301 Å². The standard InChI is InChI=1S/C36H52N6O6S2/c1-25(2)20-41(50(46,47)30-15-13-29(48-7)14-16-30)22-32(43)31(19-27-11-9-8-10-12-27)38-35(44)34(26(3)4)42-18-17-40(36(42)45)21-28-24-49-33(37-28)23-39(5)6/h8-16,24-26,31-32,34,43H,17-23H2,1-7H3,(H,38,44)/t31-,32+,34-/m0/s1. The number of ether oxygens (including phenoxy) is 1. The highest BCUT2D eigenvalue weighted by molar-refractivity contribution is 7.89. The van der Waals surface area contributed by atoms with Crippen molar-refractivity contribution in [2.24, 2.45) is 11.8 Å². The van der Waals surface area contributed by atoms with Gasteiger partial charge in [-0.25, -0.2) is 18.2 Å². The number of hydrogen-bond acceptors (Lipinski definition) is 9. The van der Waals surface area contributed by atoms with Crippen molar-refractivity contribution < 1.29 is 27.9 Å². The highest BCUT2D eigenvalue weighted by atomic mass is 32.2. The number of aromatic nitrogens is 1. The summed E-state index contributed by atoms with van der Waals surface area (Å²) in [4.78, 5) is 37.9. The predicted molar refractivity (Wildman–Crippen MR) is 195 cm³/mol. The normalized spacial score (nSPS) is 15.7. The van der Waals surface area contributed by atoms with Gasteiger partial charge in [-0.2, -0.15) is 4.31 Å². The Kier molecular flexibility index (Phi) is 13.8. The quantitative estimate of drug-likeness (QED) is 0.202. The molecule has 1 fully saturated rings. The molecule has 1 aromatic heterocycles. The predicted octanol–water partition coefficient (Wildman–Crippen LogP) is 3.91. The first-order chi connectivity index (χ1) is 23.7. The molecule has 0 saturated carbocycles. The summed E-state index contributed by atoms with van der Waals surface area (Å²) in [5.74, 6) is -0.130. The summed E-state index contributed by atoms with van der Waals surface area (Å²) < 4.78 is 34.2. The zero-order valence-corrected chi connectivity index (χ0v) is 31.8. The molecule has 0 unspecified atom stereocenters. The molecule has 0 radical (unpaired) electrons. The van der Waals surface area contributed by atoms with Crippen molar-refractivity contribution in [2.45, 2.75) is 70.3 Å². The van der Waals surface area contributed by atoms with Gasteiger partial charge in [0.25, 0.3) is 0 Å². The molecular weight excluding hydrogens is 677 g/mol. The highest BCUT2D eigenvalue weighted by Gasteiger charge is 2.40. The third-order valence-electron chi connectivity index (χ3n) is 8.51. The van der Waals surface area contributed by atoms with Crippen molar-refractivity contribution in [3.8, 4) is 5.75 Å². The number of methoxy groups -OCH3 is 1. The number of carbonyl (C=O) groups is 2. The van der Waals surface area contributed by atoms with Crippen LogP contribution in [0.1, 0.15) is 44.0 Å². The van der Waals surface area contributed by atoms with Crippen molar-refractivity contribution in [3.05, 3.63) is 76.2 Å². The van der Waals surface area contributed by atoms with E-state index in [-0.39, 0.29) is 42.3 Å². The fourth-order valence-electron chi connectivity index (χ4n) is 6.10. The van der Waals surface area contributed by atoms with Crippen LogP contribution in [0.15, 0.2) is 64.9 Å². The van der Waals surface area contributed by atoms with Crippen molar-refractivity contribution >= 4 is 33.3 Å². The van der Waals surface area contributed by atoms with Gasteiger partial charge in [-0.15, -0.1) is 11.3 Å². The molecule has 14 heteroatoms. The number of rotatable bonds is 18. The summed E-state index contributed by atoms with van der Waals surface area (Å²) in [6, 6.07) is 13.7. The number of sulfonamides is 1. The maximum atomic E-state index is 14.1. The zero-order chi connectivity index (χ0) is 36.6.